The van der Waals surface area contributed by atoms with Crippen LogP contribution in [0.3, 0.4) is 0 Å². The largest absolute Gasteiger partial charge is 0.451 e. The number of rotatable bonds is 2. The van der Waals surface area contributed by atoms with Gasteiger partial charge in [-0.25, -0.2) is 0 Å². The van der Waals surface area contributed by atoms with Crippen LogP contribution in [0.5, 0.6) is 0 Å². The van der Waals surface area contributed by atoms with Crippen LogP contribution in [0, 0.1) is 6.92 Å². The SMILES string of the molecule is Cc1c(C(=O)N2CCN(c3cccc(Cl)c3)CC2)oc2ccc(Cl)cc12. The number of halogens is 2. The molecule has 1 saturated heterocycles. The highest BCUT2D eigenvalue weighted by atomic mass is 35.5. The molecule has 134 valence electrons. The minimum absolute atomic E-state index is 0.0689. The number of furan rings is 1. The molecule has 0 saturated carbocycles. The number of amides is 1. The number of benzene rings is 2. The Morgan fingerprint density at radius 3 is 2.46 bits per heavy atom. The molecule has 6 heteroatoms. The molecule has 1 aliphatic rings. The minimum Gasteiger partial charge on any atom is -0.451 e. The quantitative estimate of drug-likeness (QED) is 0.618. The van der Waals surface area contributed by atoms with Gasteiger partial charge in [-0.1, -0.05) is 29.3 Å². The summed E-state index contributed by atoms with van der Waals surface area (Å²) in [4.78, 5) is 17.0. The smallest absolute Gasteiger partial charge is 0.290 e. The van der Waals surface area contributed by atoms with Crippen molar-refractivity contribution in [1.29, 1.82) is 0 Å². The molecule has 1 amide bonds. The summed E-state index contributed by atoms with van der Waals surface area (Å²) < 4.78 is 5.82. The first-order valence-electron chi connectivity index (χ1n) is 8.51. The summed E-state index contributed by atoms with van der Waals surface area (Å²) in [5.74, 6) is 0.332. The number of aryl methyl sites for hydroxylation is 1. The second-order valence-electron chi connectivity index (χ2n) is 6.46. The summed E-state index contributed by atoms with van der Waals surface area (Å²) in [5.41, 5.74) is 2.61. The Balaban J connectivity index is 1.51. The monoisotopic (exact) mass is 388 g/mol. The van der Waals surface area contributed by atoms with E-state index in [9.17, 15) is 4.79 Å². The topological polar surface area (TPSA) is 36.7 Å². The van der Waals surface area contributed by atoms with Gasteiger partial charge in [-0.2, -0.15) is 0 Å². The molecule has 2 aromatic carbocycles. The van der Waals surface area contributed by atoms with Crippen LogP contribution in [0.4, 0.5) is 5.69 Å². The van der Waals surface area contributed by atoms with Gasteiger partial charge in [-0.15, -0.1) is 0 Å². The van der Waals surface area contributed by atoms with Crippen LogP contribution < -0.4 is 4.90 Å². The molecule has 4 nitrogen and oxygen atoms in total. The van der Waals surface area contributed by atoms with Gasteiger partial charge in [0.25, 0.3) is 5.91 Å². The molecule has 0 N–H and O–H groups in total. The summed E-state index contributed by atoms with van der Waals surface area (Å²) >= 11 is 12.1. The fourth-order valence-electron chi connectivity index (χ4n) is 3.38. The number of carbonyl (C=O) groups excluding carboxylic acids is 1. The molecule has 0 radical (unpaired) electrons. The molecule has 0 unspecified atom stereocenters. The van der Waals surface area contributed by atoms with Gasteiger partial charge >= 0.3 is 0 Å². The Morgan fingerprint density at radius 2 is 1.73 bits per heavy atom. The van der Waals surface area contributed by atoms with E-state index in [0.29, 0.717) is 29.5 Å². The molecule has 1 aliphatic heterocycles. The van der Waals surface area contributed by atoms with Crippen molar-refractivity contribution in [1.82, 2.24) is 4.90 Å². The van der Waals surface area contributed by atoms with E-state index in [-0.39, 0.29) is 5.91 Å². The van der Waals surface area contributed by atoms with Gasteiger partial charge in [0.05, 0.1) is 0 Å². The predicted octanol–water partition coefficient (Wildman–Crippen LogP) is 5.01. The third-order valence-corrected chi connectivity index (χ3v) is 5.30. The third-order valence-electron chi connectivity index (χ3n) is 4.83. The maximum atomic E-state index is 12.9. The van der Waals surface area contributed by atoms with Gasteiger partial charge in [0.1, 0.15) is 5.58 Å². The molecule has 3 aromatic rings. The molecule has 0 aliphatic carbocycles. The van der Waals surface area contributed by atoms with E-state index >= 15 is 0 Å². The Kier molecular flexibility index (Phi) is 4.55. The number of nitrogens with zero attached hydrogens (tertiary/aromatic N) is 2. The molecular weight excluding hydrogens is 371 g/mol. The van der Waals surface area contributed by atoms with E-state index in [1.54, 1.807) is 12.1 Å². The Labute approximate surface area is 161 Å². The number of carbonyl (C=O) groups is 1. The fraction of sp³-hybridized carbons (Fsp3) is 0.250. The van der Waals surface area contributed by atoms with E-state index in [2.05, 4.69) is 4.90 Å². The molecule has 4 rings (SSSR count). The molecule has 1 aromatic heterocycles. The zero-order chi connectivity index (χ0) is 18.3. The maximum Gasteiger partial charge on any atom is 0.290 e. The summed E-state index contributed by atoms with van der Waals surface area (Å²) in [6.07, 6.45) is 0. The van der Waals surface area contributed by atoms with Crippen molar-refractivity contribution in [2.45, 2.75) is 6.92 Å². The second-order valence-corrected chi connectivity index (χ2v) is 7.33. The van der Waals surface area contributed by atoms with Crippen LogP contribution in [0.1, 0.15) is 16.1 Å². The number of piperazine rings is 1. The van der Waals surface area contributed by atoms with Crippen molar-refractivity contribution in [2.75, 3.05) is 31.1 Å². The molecule has 26 heavy (non-hydrogen) atoms. The van der Waals surface area contributed by atoms with Crippen molar-refractivity contribution in [3.05, 3.63) is 63.8 Å². The lowest BCUT2D eigenvalue weighted by atomic mass is 10.1. The van der Waals surface area contributed by atoms with Crippen molar-refractivity contribution < 1.29 is 9.21 Å². The second kappa shape index (κ2) is 6.86. The summed E-state index contributed by atoms with van der Waals surface area (Å²) in [6.45, 7) is 4.71. The lowest BCUT2D eigenvalue weighted by Gasteiger charge is -2.35. The number of hydrogen-bond acceptors (Lipinski definition) is 3. The normalized spacial score (nSPS) is 14.9. The van der Waals surface area contributed by atoms with Gasteiger partial charge < -0.3 is 14.2 Å². The zero-order valence-electron chi connectivity index (χ0n) is 14.3. The Bertz CT molecular complexity index is 975. The average molecular weight is 389 g/mol. The molecule has 1 fully saturated rings. The highest BCUT2D eigenvalue weighted by molar-refractivity contribution is 6.31. The number of fused-ring (bicyclic) bond motifs is 1. The van der Waals surface area contributed by atoms with E-state index in [4.69, 9.17) is 27.6 Å². The number of anilines is 1. The van der Waals surface area contributed by atoms with Gasteiger partial charge in [0.2, 0.25) is 0 Å². The van der Waals surface area contributed by atoms with E-state index in [1.807, 2.05) is 42.2 Å². The van der Waals surface area contributed by atoms with Crippen LogP contribution in [0.25, 0.3) is 11.0 Å². The van der Waals surface area contributed by atoms with Crippen molar-refractivity contribution in [3.8, 4) is 0 Å². The molecule has 2 heterocycles. The Hall–Kier alpha value is -2.17. The van der Waals surface area contributed by atoms with Crippen molar-refractivity contribution >= 4 is 45.8 Å². The first-order chi connectivity index (χ1) is 12.5. The molecular formula is C20H18Cl2N2O2. The lowest BCUT2D eigenvalue weighted by Crippen LogP contribution is -2.48. The van der Waals surface area contributed by atoms with Gasteiger partial charge in [-0.05, 0) is 43.3 Å². The lowest BCUT2D eigenvalue weighted by molar-refractivity contribution is 0.0716. The summed E-state index contributed by atoms with van der Waals surface area (Å²) in [5, 5.41) is 2.24. The van der Waals surface area contributed by atoms with Crippen LogP contribution in [0.15, 0.2) is 46.9 Å². The van der Waals surface area contributed by atoms with E-state index in [1.165, 1.54) is 0 Å². The highest BCUT2D eigenvalue weighted by Crippen LogP contribution is 2.29. The highest BCUT2D eigenvalue weighted by Gasteiger charge is 2.26. The van der Waals surface area contributed by atoms with Crippen LogP contribution >= 0.6 is 23.2 Å². The third kappa shape index (κ3) is 3.15. The zero-order valence-corrected chi connectivity index (χ0v) is 15.8. The van der Waals surface area contributed by atoms with Gasteiger partial charge in [0.15, 0.2) is 5.76 Å². The van der Waals surface area contributed by atoms with Gasteiger partial charge in [-0.3, -0.25) is 4.79 Å². The molecule has 0 atom stereocenters. The van der Waals surface area contributed by atoms with Crippen LogP contribution in [-0.4, -0.2) is 37.0 Å². The van der Waals surface area contributed by atoms with Gasteiger partial charge in [0, 0.05) is 52.9 Å². The van der Waals surface area contributed by atoms with Crippen molar-refractivity contribution in [2.24, 2.45) is 0 Å². The summed E-state index contributed by atoms with van der Waals surface area (Å²) in [7, 11) is 0. The fourth-order valence-corrected chi connectivity index (χ4v) is 3.74. The van der Waals surface area contributed by atoms with Crippen LogP contribution in [0.2, 0.25) is 10.0 Å². The minimum atomic E-state index is -0.0689. The van der Waals surface area contributed by atoms with Crippen LogP contribution in [-0.2, 0) is 0 Å². The summed E-state index contributed by atoms with van der Waals surface area (Å²) in [6, 6.07) is 13.2. The average Bonchev–Trinajstić information content (AvgIpc) is 2.97. The first kappa shape index (κ1) is 17.3. The van der Waals surface area contributed by atoms with E-state index < -0.39 is 0 Å². The predicted molar refractivity (Wildman–Crippen MR) is 106 cm³/mol. The molecule has 0 bridgehead atoms. The van der Waals surface area contributed by atoms with E-state index in [0.717, 1.165) is 34.7 Å². The Morgan fingerprint density at radius 1 is 1.00 bits per heavy atom. The number of hydrogen-bond donors (Lipinski definition) is 0. The van der Waals surface area contributed by atoms with Crippen molar-refractivity contribution in [3.63, 3.8) is 0 Å². The standard InChI is InChI=1S/C20H18Cl2N2O2/c1-13-17-12-15(22)5-6-18(17)26-19(13)20(25)24-9-7-23(8-10-24)16-4-2-3-14(21)11-16/h2-6,11-12H,7-10H2,1H3. The maximum absolute atomic E-state index is 12.9. The first-order valence-corrected chi connectivity index (χ1v) is 9.27. The molecule has 0 spiro atoms.